The first-order valence-corrected chi connectivity index (χ1v) is 6.06. The molecule has 1 heterocycles. The van der Waals surface area contributed by atoms with E-state index < -0.39 is 5.97 Å². The van der Waals surface area contributed by atoms with Gasteiger partial charge in [0.15, 0.2) is 16.7 Å². The highest BCUT2D eigenvalue weighted by atomic mass is 32.2. The van der Waals surface area contributed by atoms with Crippen LogP contribution in [0.2, 0.25) is 0 Å². The molecule has 0 saturated heterocycles. The van der Waals surface area contributed by atoms with Crippen LogP contribution < -0.4 is 5.73 Å². The number of carbonyl (C=O) groups is 1. The number of allylic oxidation sites excluding steroid dienone is 1. The molecule has 1 aromatic heterocycles. The molecule has 2 N–H and O–H groups in total. The molecule has 0 aromatic carbocycles. The van der Waals surface area contributed by atoms with Crippen molar-refractivity contribution in [2.45, 2.75) is 18.6 Å². The van der Waals surface area contributed by atoms with E-state index in [0.717, 1.165) is 0 Å². The van der Waals surface area contributed by atoms with Gasteiger partial charge in [0, 0.05) is 6.54 Å². The molecule has 0 aliphatic heterocycles. The topological polar surface area (TPSA) is 70.1 Å². The summed E-state index contributed by atoms with van der Waals surface area (Å²) in [4.78, 5) is 15.8. The Balaban J connectivity index is 3.18. The maximum Gasteiger partial charge on any atom is 0.358 e. The Labute approximate surface area is 98.7 Å². The SMILES string of the molecule is C=CCn1c(SC)nc(N)c1C(=O)OCC. The Kier molecular flexibility index (Phi) is 4.42. The van der Waals surface area contributed by atoms with Gasteiger partial charge in [0.2, 0.25) is 0 Å². The van der Waals surface area contributed by atoms with E-state index in [0.29, 0.717) is 24.0 Å². The molecule has 16 heavy (non-hydrogen) atoms. The number of hydrogen-bond donors (Lipinski definition) is 1. The van der Waals surface area contributed by atoms with E-state index in [-0.39, 0.29) is 5.82 Å². The molecule has 5 nitrogen and oxygen atoms in total. The van der Waals surface area contributed by atoms with Crippen LogP contribution in [0.3, 0.4) is 0 Å². The molecule has 0 spiro atoms. The summed E-state index contributed by atoms with van der Waals surface area (Å²) >= 11 is 1.42. The molecule has 0 unspecified atom stereocenters. The van der Waals surface area contributed by atoms with Gasteiger partial charge in [0.1, 0.15) is 0 Å². The maximum absolute atomic E-state index is 11.7. The minimum absolute atomic E-state index is 0.199. The number of thioether (sulfide) groups is 1. The van der Waals surface area contributed by atoms with Gasteiger partial charge < -0.3 is 15.0 Å². The molecule has 0 aliphatic carbocycles. The summed E-state index contributed by atoms with van der Waals surface area (Å²) in [6, 6.07) is 0. The third kappa shape index (κ3) is 2.38. The fourth-order valence-electron chi connectivity index (χ4n) is 1.32. The summed E-state index contributed by atoms with van der Waals surface area (Å²) in [5.74, 6) is -0.251. The minimum atomic E-state index is -0.449. The molecule has 0 fully saturated rings. The number of carbonyl (C=O) groups excluding carboxylic acids is 1. The van der Waals surface area contributed by atoms with Crippen LogP contribution in [-0.2, 0) is 11.3 Å². The monoisotopic (exact) mass is 241 g/mol. The number of ether oxygens (including phenoxy) is 1. The second-order valence-corrected chi connectivity index (χ2v) is 3.73. The number of esters is 1. The second-order valence-electron chi connectivity index (χ2n) is 2.95. The largest absolute Gasteiger partial charge is 0.461 e. The standard InChI is InChI=1S/C10H15N3O2S/c1-4-6-13-7(9(14)15-5-2)8(11)12-10(13)16-3/h4H,1,5-6,11H2,2-3H3. The summed E-state index contributed by atoms with van der Waals surface area (Å²) in [7, 11) is 0. The molecule has 0 aliphatic rings. The Morgan fingerprint density at radius 1 is 1.75 bits per heavy atom. The van der Waals surface area contributed by atoms with Crippen LogP contribution in [0.25, 0.3) is 0 Å². The number of nitrogen functional groups attached to an aromatic ring is 1. The first-order valence-electron chi connectivity index (χ1n) is 4.83. The number of nitrogens with zero attached hydrogens (tertiary/aromatic N) is 2. The van der Waals surface area contributed by atoms with Gasteiger partial charge >= 0.3 is 5.97 Å². The zero-order valence-corrected chi connectivity index (χ0v) is 10.2. The number of anilines is 1. The number of nitrogens with two attached hydrogens (primary N) is 1. The molecular formula is C10H15N3O2S. The van der Waals surface area contributed by atoms with Gasteiger partial charge in [-0.2, -0.15) is 0 Å². The van der Waals surface area contributed by atoms with E-state index in [4.69, 9.17) is 10.5 Å². The van der Waals surface area contributed by atoms with Crippen molar-refractivity contribution in [3.8, 4) is 0 Å². The Morgan fingerprint density at radius 2 is 2.44 bits per heavy atom. The Hall–Kier alpha value is -1.43. The smallest absolute Gasteiger partial charge is 0.358 e. The molecular weight excluding hydrogens is 226 g/mol. The normalized spacial score (nSPS) is 10.1. The third-order valence-corrected chi connectivity index (χ3v) is 2.60. The van der Waals surface area contributed by atoms with Crippen LogP contribution in [0, 0.1) is 0 Å². The molecule has 0 saturated carbocycles. The molecule has 0 atom stereocenters. The van der Waals surface area contributed by atoms with Gasteiger partial charge in [0.25, 0.3) is 0 Å². The van der Waals surface area contributed by atoms with Crippen molar-refractivity contribution in [2.24, 2.45) is 0 Å². The predicted molar refractivity (Wildman–Crippen MR) is 64.6 cm³/mol. The lowest BCUT2D eigenvalue weighted by molar-refractivity contribution is 0.0515. The predicted octanol–water partition coefficient (Wildman–Crippen LogP) is 1.55. The van der Waals surface area contributed by atoms with E-state index in [2.05, 4.69) is 11.6 Å². The zero-order chi connectivity index (χ0) is 12.1. The lowest BCUT2D eigenvalue weighted by Crippen LogP contribution is -2.14. The van der Waals surface area contributed by atoms with E-state index in [1.807, 2.05) is 6.26 Å². The van der Waals surface area contributed by atoms with Crippen molar-refractivity contribution in [3.05, 3.63) is 18.3 Å². The summed E-state index contributed by atoms with van der Waals surface area (Å²) in [5.41, 5.74) is 6.00. The van der Waals surface area contributed by atoms with Crippen LogP contribution in [0.1, 0.15) is 17.4 Å². The number of hydrogen-bond acceptors (Lipinski definition) is 5. The average molecular weight is 241 g/mol. The number of rotatable bonds is 5. The van der Waals surface area contributed by atoms with E-state index in [9.17, 15) is 4.79 Å². The van der Waals surface area contributed by atoms with Crippen LogP contribution in [0.15, 0.2) is 17.8 Å². The lowest BCUT2D eigenvalue weighted by Gasteiger charge is -2.07. The van der Waals surface area contributed by atoms with Crippen molar-refractivity contribution >= 4 is 23.5 Å². The van der Waals surface area contributed by atoms with Crippen molar-refractivity contribution in [1.82, 2.24) is 9.55 Å². The lowest BCUT2D eigenvalue weighted by atomic mass is 10.4. The van der Waals surface area contributed by atoms with E-state index >= 15 is 0 Å². The third-order valence-electron chi connectivity index (χ3n) is 1.92. The summed E-state index contributed by atoms with van der Waals surface area (Å²) in [5, 5.41) is 0.681. The van der Waals surface area contributed by atoms with Gasteiger partial charge in [-0.3, -0.25) is 0 Å². The molecule has 1 rings (SSSR count). The average Bonchev–Trinajstić information content (AvgIpc) is 2.56. The van der Waals surface area contributed by atoms with Gasteiger partial charge in [0.05, 0.1) is 6.61 Å². The van der Waals surface area contributed by atoms with Crippen LogP contribution in [-0.4, -0.2) is 28.4 Å². The van der Waals surface area contributed by atoms with E-state index in [1.165, 1.54) is 11.8 Å². The Morgan fingerprint density at radius 3 is 2.94 bits per heavy atom. The van der Waals surface area contributed by atoms with Gasteiger partial charge in [-0.1, -0.05) is 17.8 Å². The fraction of sp³-hybridized carbons (Fsp3) is 0.400. The molecule has 6 heteroatoms. The molecule has 88 valence electrons. The second kappa shape index (κ2) is 5.60. The van der Waals surface area contributed by atoms with E-state index in [1.54, 1.807) is 17.6 Å². The highest BCUT2D eigenvalue weighted by molar-refractivity contribution is 7.98. The summed E-state index contributed by atoms with van der Waals surface area (Å²) < 4.78 is 6.63. The van der Waals surface area contributed by atoms with Gasteiger partial charge in [-0.25, -0.2) is 9.78 Å². The van der Waals surface area contributed by atoms with Crippen LogP contribution in [0.4, 0.5) is 5.82 Å². The van der Waals surface area contributed by atoms with Gasteiger partial charge in [-0.15, -0.1) is 6.58 Å². The highest BCUT2D eigenvalue weighted by Gasteiger charge is 2.21. The van der Waals surface area contributed by atoms with Crippen molar-refractivity contribution in [1.29, 1.82) is 0 Å². The number of imidazole rings is 1. The molecule has 0 radical (unpaired) electrons. The van der Waals surface area contributed by atoms with Crippen LogP contribution in [0.5, 0.6) is 0 Å². The zero-order valence-electron chi connectivity index (χ0n) is 9.40. The fourth-order valence-corrected chi connectivity index (χ4v) is 1.89. The minimum Gasteiger partial charge on any atom is -0.461 e. The van der Waals surface area contributed by atoms with Crippen molar-refractivity contribution < 1.29 is 9.53 Å². The van der Waals surface area contributed by atoms with Crippen molar-refractivity contribution in [3.63, 3.8) is 0 Å². The number of aromatic nitrogens is 2. The first kappa shape index (κ1) is 12.6. The van der Waals surface area contributed by atoms with Crippen molar-refractivity contribution in [2.75, 3.05) is 18.6 Å². The Bertz CT molecular complexity index is 401. The van der Waals surface area contributed by atoms with Crippen LogP contribution >= 0.6 is 11.8 Å². The van der Waals surface area contributed by atoms with Gasteiger partial charge in [-0.05, 0) is 13.2 Å². The quantitative estimate of drug-likeness (QED) is 0.481. The first-order chi connectivity index (χ1) is 7.65. The molecule has 0 amide bonds. The maximum atomic E-state index is 11.7. The molecule has 1 aromatic rings. The molecule has 0 bridgehead atoms. The summed E-state index contributed by atoms with van der Waals surface area (Å²) in [6.07, 6.45) is 3.56. The highest BCUT2D eigenvalue weighted by Crippen LogP contribution is 2.22. The summed E-state index contributed by atoms with van der Waals surface area (Å²) in [6.45, 7) is 6.18.